The number of para-hydroxylation sites is 1. The van der Waals surface area contributed by atoms with Crippen molar-refractivity contribution in [2.24, 2.45) is 5.92 Å². The second-order valence-corrected chi connectivity index (χ2v) is 9.39. The molecular weight excluding hydrogens is 464 g/mol. The molecule has 4 rings (SSSR count). The molecule has 2 heterocycles. The molecule has 1 unspecified atom stereocenters. The lowest BCUT2D eigenvalue weighted by molar-refractivity contribution is -0.120. The van der Waals surface area contributed by atoms with Gasteiger partial charge in [0.1, 0.15) is 0 Å². The Bertz CT molecular complexity index is 1200. The third-order valence-corrected chi connectivity index (χ3v) is 6.67. The number of anilines is 1. The summed E-state index contributed by atoms with van der Waals surface area (Å²) in [5.41, 5.74) is 2.66. The first-order valence-corrected chi connectivity index (χ1v) is 12.7. The molecule has 1 aliphatic heterocycles. The Hall–Kier alpha value is -3.33. The first-order valence-electron chi connectivity index (χ1n) is 11.7. The molecule has 0 saturated carbocycles. The van der Waals surface area contributed by atoms with Crippen molar-refractivity contribution in [3.8, 4) is 28.6 Å². The first kappa shape index (κ1) is 24.8. The summed E-state index contributed by atoms with van der Waals surface area (Å²) in [6.07, 6.45) is -0.484. The summed E-state index contributed by atoms with van der Waals surface area (Å²) in [6, 6.07) is 13.1. The molecule has 184 valence electrons. The number of methoxy groups -OCH3 is 1. The minimum absolute atomic E-state index is 0.0922. The van der Waals surface area contributed by atoms with E-state index in [0.717, 1.165) is 16.9 Å². The number of aromatic nitrogens is 3. The number of thioether (sulfide) groups is 1. The highest BCUT2D eigenvalue weighted by atomic mass is 32.2. The monoisotopic (exact) mass is 494 g/mol. The molecule has 0 fully saturated rings. The Morgan fingerprint density at radius 2 is 1.94 bits per heavy atom. The van der Waals surface area contributed by atoms with Crippen molar-refractivity contribution >= 4 is 23.4 Å². The maximum Gasteiger partial charge on any atom is 0.247 e. The van der Waals surface area contributed by atoms with Gasteiger partial charge in [0, 0.05) is 23.3 Å². The Morgan fingerprint density at radius 1 is 1.14 bits per heavy atom. The topological polar surface area (TPSA) is 86.7 Å². The molecule has 0 spiro atoms. The molecule has 0 bridgehead atoms. The minimum Gasteiger partial charge on any atom is -0.493 e. The van der Waals surface area contributed by atoms with Crippen LogP contribution in [-0.4, -0.2) is 40.6 Å². The summed E-state index contributed by atoms with van der Waals surface area (Å²) in [4.78, 5) is 19.7. The van der Waals surface area contributed by atoms with Crippen LogP contribution in [0.15, 0.2) is 47.6 Å². The number of carbonyl (C=O) groups is 1. The molecule has 1 aliphatic rings. The Morgan fingerprint density at radius 3 is 2.66 bits per heavy atom. The number of hydrogen-bond donors (Lipinski definition) is 0. The van der Waals surface area contributed by atoms with E-state index in [1.54, 1.807) is 12.0 Å². The summed E-state index contributed by atoms with van der Waals surface area (Å²) in [6.45, 7) is 8.53. The maximum atomic E-state index is 13.3. The number of nitrogens with zero attached hydrogens (tertiary/aromatic N) is 4. The van der Waals surface area contributed by atoms with Crippen molar-refractivity contribution in [2.45, 2.75) is 45.5 Å². The Balaban J connectivity index is 1.87. The van der Waals surface area contributed by atoms with E-state index in [4.69, 9.17) is 19.2 Å². The van der Waals surface area contributed by atoms with Crippen LogP contribution < -0.4 is 19.1 Å². The number of ether oxygens (including phenoxy) is 3. The van der Waals surface area contributed by atoms with Crippen LogP contribution in [0.3, 0.4) is 0 Å². The molecule has 0 N–H and O–H groups in total. The normalized spacial score (nSPS) is 14.6. The molecule has 2 aromatic carbocycles. The van der Waals surface area contributed by atoms with Crippen molar-refractivity contribution in [1.29, 1.82) is 0 Å². The van der Waals surface area contributed by atoms with Gasteiger partial charge in [-0.15, -0.1) is 10.2 Å². The highest BCUT2D eigenvalue weighted by Crippen LogP contribution is 2.44. The lowest BCUT2D eigenvalue weighted by atomic mass is 10.1. The van der Waals surface area contributed by atoms with Gasteiger partial charge in [-0.25, -0.2) is 0 Å². The van der Waals surface area contributed by atoms with Gasteiger partial charge in [-0.1, -0.05) is 50.7 Å². The summed E-state index contributed by atoms with van der Waals surface area (Å²) in [5, 5.41) is 9.35. The fourth-order valence-corrected chi connectivity index (χ4v) is 4.51. The van der Waals surface area contributed by atoms with E-state index in [1.165, 1.54) is 11.8 Å². The standard InChI is InChI=1S/C26H30N4O4S/c1-6-22(31)30-19-11-9-8-10-18(19)23-24(27-26(29-28-23)35-15-16(3)4)34-25(30)17-12-13-20(33-7-2)21(14-17)32-5/h8-14,16,25H,6-7,15H2,1-5H3. The lowest BCUT2D eigenvalue weighted by Gasteiger charge is -2.31. The van der Waals surface area contributed by atoms with Crippen molar-refractivity contribution in [2.75, 3.05) is 24.4 Å². The Labute approximate surface area is 210 Å². The van der Waals surface area contributed by atoms with Crippen molar-refractivity contribution < 1.29 is 19.0 Å². The number of rotatable bonds is 8. The molecule has 1 amide bonds. The zero-order valence-electron chi connectivity index (χ0n) is 20.6. The zero-order valence-corrected chi connectivity index (χ0v) is 21.5. The Kier molecular flexibility index (Phi) is 7.75. The van der Waals surface area contributed by atoms with Crippen LogP contribution >= 0.6 is 11.8 Å². The number of carbonyl (C=O) groups excluding carboxylic acids is 1. The SMILES string of the molecule is CCOc1ccc(C2Oc3nc(SCC(C)C)nnc3-c3ccccc3N2C(=O)CC)cc1OC. The van der Waals surface area contributed by atoms with E-state index in [-0.39, 0.29) is 5.91 Å². The largest absolute Gasteiger partial charge is 0.493 e. The molecule has 0 aliphatic carbocycles. The molecule has 8 nitrogen and oxygen atoms in total. The van der Waals surface area contributed by atoms with Crippen LogP contribution in [0.5, 0.6) is 17.4 Å². The van der Waals surface area contributed by atoms with Crippen LogP contribution in [0.2, 0.25) is 0 Å². The van der Waals surface area contributed by atoms with Crippen molar-refractivity contribution in [3.05, 3.63) is 48.0 Å². The number of fused-ring (bicyclic) bond motifs is 3. The average Bonchev–Trinajstić information content (AvgIpc) is 3.01. The van der Waals surface area contributed by atoms with E-state index in [2.05, 4.69) is 24.0 Å². The van der Waals surface area contributed by atoms with Crippen molar-refractivity contribution in [1.82, 2.24) is 15.2 Å². The van der Waals surface area contributed by atoms with Gasteiger partial charge in [-0.2, -0.15) is 4.98 Å². The minimum atomic E-state index is -0.783. The molecule has 1 atom stereocenters. The van der Waals surface area contributed by atoms with E-state index in [0.29, 0.717) is 52.9 Å². The van der Waals surface area contributed by atoms with Gasteiger partial charge >= 0.3 is 0 Å². The first-order chi connectivity index (χ1) is 17.0. The maximum absolute atomic E-state index is 13.3. The van der Waals surface area contributed by atoms with E-state index < -0.39 is 6.23 Å². The van der Waals surface area contributed by atoms with Gasteiger partial charge in [0.25, 0.3) is 0 Å². The predicted molar refractivity (Wildman–Crippen MR) is 136 cm³/mol. The van der Waals surface area contributed by atoms with Gasteiger partial charge in [-0.3, -0.25) is 9.69 Å². The summed E-state index contributed by atoms with van der Waals surface area (Å²) in [5.74, 6) is 2.76. The summed E-state index contributed by atoms with van der Waals surface area (Å²) >= 11 is 1.53. The molecule has 0 radical (unpaired) electrons. The van der Waals surface area contributed by atoms with Gasteiger partial charge in [0.15, 0.2) is 17.2 Å². The molecule has 3 aromatic rings. The van der Waals surface area contributed by atoms with Gasteiger partial charge in [-0.05, 0) is 37.1 Å². The number of amides is 1. The molecule has 1 aromatic heterocycles. The highest BCUT2D eigenvalue weighted by molar-refractivity contribution is 7.99. The number of benzene rings is 2. The predicted octanol–water partition coefficient (Wildman–Crippen LogP) is 5.53. The summed E-state index contributed by atoms with van der Waals surface area (Å²) in [7, 11) is 1.59. The second kappa shape index (κ2) is 10.9. The van der Waals surface area contributed by atoms with Crippen LogP contribution in [0, 0.1) is 5.92 Å². The molecule has 35 heavy (non-hydrogen) atoms. The van der Waals surface area contributed by atoms with E-state index in [9.17, 15) is 4.79 Å². The van der Waals surface area contributed by atoms with Crippen LogP contribution in [-0.2, 0) is 4.79 Å². The second-order valence-electron chi connectivity index (χ2n) is 8.40. The molecule has 9 heteroatoms. The third-order valence-electron chi connectivity index (χ3n) is 5.40. The third kappa shape index (κ3) is 5.19. The zero-order chi connectivity index (χ0) is 24.9. The van der Waals surface area contributed by atoms with E-state index in [1.807, 2.05) is 56.3 Å². The summed E-state index contributed by atoms with van der Waals surface area (Å²) < 4.78 is 17.7. The van der Waals surface area contributed by atoms with Crippen molar-refractivity contribution in [3.63, 3.8) is 0 Å². The fourth-order valence-electron chi connectivity index (χ4n) is 3.79. The smallest absolute Gasteiger partial charge is 0.247 e. The van der Waals surface area contributed by atoms with Gasteiger partial charge in [0.2, 0.25) is 23.2 Å². The average molecular weight is 495 g/mol. The number of hydrogen-bond acceptors (Lipinski definition) is 8. The molecule has 0 saturated heterocycles. The van der Waals surface area contributed by atoms with Gasteiger partial charge in [0.05, 0.1) is 19.4 Å². The van der Waals surface area contributed by atoms with Crippen LogP contribution in [0.4, 0.5) is 5.69 Å². The van der Waals surface area contributed by atoms with Crippen LogP contribution in [0.25, 0.3) is 11.3 Å². The fraction of sp³-hybridized carbons (Fsp3) is 0.385. The lowest BCUT2D eigenvalue weighted by Crippen LogP contribution is -2.37. The highest BCUT2D eigenvalue weighted by Gasteiger charge is 2.35. The van der Waals surface area contributed by atoms with E-state index >= 15 is 0 Å². The molecular formula is C26H30N4O4S. The quantitative estimate of drug-likeness (QED) is 0.378. The van der Waals surface area contributed by atoms with Gasteiger partial charge < -0.3 is 14.2 Å². The van der Waals surface area contributed by atoms with Crippen LogP contribution in [0.1, 0.15) is 45.9 Å².